The maximum atomic E-state index is 14.6. The predicted octanol–water partition coefficient (Wildman–Crippen LogP) is 15.6. The van der Waals surface area contributed by atoms with Gasteiger partial charge in [0.15, 0.2) is 0 Å². The lowest BCUT2D eigenvalue weighted by Crippen LogP contribution is -2.44. The molecule has 0 saturated heterocycles. The molecule has 5 nitrogen and oxygen atoms in total. The summed E-state index contributed by atoms with van der Waals surface area (Å²) in [6, 6.07) is 11.7. The number of aliphatic hydroxyl groups is 1. The van der Waals surface area contributed by atoms with Gasteiger partial charge in [-0.2, -0.15) is 0 Å². The van der Waals surface area contributed by atoms with Gasteiger partial charge >= 0.3 is 0 Å². The first-order valence-electron chi connectivity index (χ1n) is 24.2. The molecular formula is C56H88FNO4. The fourth-order valence-corrected chi connectivity index (χ4v) is 8.41. The van der Waals surface area contributed by atoms with E-state index < -0.39 is 17.5 Å². The van der Waals surface area contributed by atoms with Crippen LogP contribution in [0.4, 0.5) is 4.39 Å². The van der Waals surface area contributed by atoms with Crippen LogP contribution in [0, 0.1) is 11.7 Å². The van der Waals surface area contributed by atoms with E-state index in [1.165, 1.54) is 75.8 Å². The van der Waals surface area contributed by atoms with Gasteiger partial charge in [-0.25, -0.2) is 4.39 Å². The molecule has 0 aromatic heterocycles. The molecule has 0 radical (unpaired) electrons. The summed E-state index contributed by atoms with van der Waals surface area (Å²) in [5, 5.41) is 25.1. The summed E-state index contributed by atoms with van der Waals surface area (Å²) in [6.45, 7) is 36.4. The van der Waals surface area contributed by atoms with Crippen LogP contribution in [0.5, 0.6) is 17.2 Å². The Balaban J connectivity index is 2.48. The summed E-state index contributed by atoms with van der Waals surface area (Å²) in [4.78, 5) is 5.15. The molecular weight excluding hydrogens is 770 g/mol. The Labute approximate surface area is 378 Å². The van der Waals surface area contributed by atoms with Gasteiger partial charge in [-0.3, -0.25) is 4.99 Å². The van der Waals surface area contributed by atoms with Crippen LogP contribution < -0.4 is 9.47 Å². The first-order valence-corrected chi connectivity index (χ1v) is 24.2. The van der Waals surface area contributed by atoms with Crippen LogP contribution in [0.15, 0.2) is 47.5 Å². The molecule has 348 valence electrons. The molecule has 0 aliphatic heterocycles. The normalized spacial score (nSPS) is 13.7. The van der Waals surface area contributed by atoms with Gasteiger partial charge in [-0.05, 0) is 94.0 Å². The summed E-state index contributed by atoms with van der Waals surface area (Å²) in [6.07, 6.45) is 15.7. The number of hydrogen-bond acceptors (Lipinski definition) is 5. The molecule has 0 saturated carbocycles. The Hall–Kier alpha value is -3.38. The van der Waals surface area contributed by atoms with Crippen molar-refractivity contribution >= 4 is 6.21 Å². The smallest absolute Gasteiger partial charge is 0.137 e. The number of ether oxygens (including phenoxy) is 2. The van der Waals surface area contributed by atoms with Crippen LogP contribution in [0.1, 0.15) is 227 Å². The Bertz CT molecular complexity index is 1710. The molecule has 0 bridgehead atoms. The number of halogens is 1. The number of aromatic hydroxyl groups is 1. The van der Waals surface area contributed by atoms with E-state index in [1.54, 1.807) is 0 Å². The number of aliphatic imine (C=N–C) groups is 1. The number of nitrogens with zero attached hydrogens (tertiary/aromatic N) is 1. The van der Waals surface area contributed by atoms with E-state index in [-0.39, 0.29) is 38.9 Å². The van der Waals surface area contributed by atoms with Crippen LogP contribution in [-0.4, -0.2) is 35.7 Å². The second-order valence-corrected chi connectivity index (χ2v) is 22.5. The van der Waals surface area contributed by atoms with E-state index in [4.69, 9.17) is 14.5 Å². The third kappa shape index (κ3) is 14.3. The zero-order chi connectivity index (χ0) is 46.7. The van der Waals surface area contributed by atoms with Crippen molar-refractivity contribution in [2.45, 2.75) is 221 Å². The molecule has 0 aliphatic carbocycles. The number of phenolic OH excluding ortho intramolecular Hbond substituents is 1. The summed E-state index contributed by atoms with van der Waals surface area (Å²) >= 11 is 0. The highest BCUT2D eigenvalue weighted by Crippen LogP contribution is 2.49. The quantitative estimate of drug-likeness (QED) is 0.0780. The Morgan fingerprint density at radius 2 is 0.919 bits per heavy atom. The SMILES string of the molecule is CCCCCCCCOc1c(C(C)(C)C)cc(C(O)(c2cc(C(C)(C)C)c(OCCCCCCCC)c(C(C)(C)C)c2)C(N=Cc2cc(F)ccc2O)C(C)C)cc1C(C)(C)C. The Morgan fingerprint density at radius 3 is 1.26 bits per heavy atom. The van der Waals surface area contributed by atoms with Crippen molar-refractivity contribution in [3.63, 3.8) is 0 Å². The van der Waals surface area contributed by atoms with Crippen molar-refractivity contribution in [3.8, 4) is 17.2 Å². The summed E-state index contributed by atoms with van der Waals surface area (Å²) in [7, 11) is 0. The molecule has 0 fully saturated rings. The second-order valence-electron chi connectivity index (χ2n) is 22.5. The number of hydrogen-bond donors (Lipinski definition) is 2. The maximum absolute atomic E-state index is 14.6. The third-order valence-electron chi connectivity index (χ3n) is 12.2. The van der Waals surface area contributed by atoms with Crippen molar-refractivity contribution in [3.05, 3.63) is 87.2 Å². The van der Waals surface area contributed by atoms with E-state index >= 15 is 0 Å². The highest BCUT2D eigenvalue weighted by molar-refractivity contribution is 5.83. The first kappa shape index (κ1) is 53.0. The van der Waals surface area contributed by atoms with Gasteiger partial charge in [0.2, 0.25) is 0 Å². The van der Waals surface area contributed by atoms with Gasteiger partial charge in [0, 0.05) is 34.0 Å². The molecule has 0 amide bonds. The summed E-state index contributed by atoms with van der Waals surface area (Å²) < 4.78 is 28.3. The lowest BCUT2D eigenvalue weighted by Gasteiger charge is -2.41. The summed E-state index contributed by atoms with van der Waals surface area (Å²) in [5.41, 5.74) is 2.80. The molecule has 62 heavy (non-hydrogen) atoms. The lowest BCUT2D eigenvalue weighted by atomic mass is 9.69. The minimum absolute atomic E-state index is 0.0741. The molecule has 3 aromatic carbocycles. The molecule has 2 N–H and O–H groups in total. The van der Waals surface area contributed by atoms with Crippen molar-refractivity contribution in [1.29, 1.82) is 0 Å². The van der Waals surface area contributed by atoms with Crippen LogP contribution in [0.25, 0.3) is 0 Å². The van der Waals surface area contributed by atoms with Crippen molar-refractivity contribution in [2.75, 3.05) is 13.2 Å². The molecule has 0 aliphatic rings. The van der Waals surface area contributed by atoms with Crippen LogP contribution in [0.3, 0.4) is 0 Å². The molecule has 0 spiro atoms. The molecule has 1 unspecified atom stereocenters. The second kappa shape index (κ2) is 22.5. The van der Waals surface area contributed by atoms with Gasteiger partial charge in [0.05, 0.1) is 19.3 Å². The third-order valence-corrected chi connectivity index (χ3v) is 12.2. The van der Waals surface area contributed by atoms with Crippen molar-refractivity contribution in [1.82, 2.24) is 0 Å². The molecule has 3 rings (SSSR count). The lowest BCUT2D eigenvalue weighted by molar-refractivity contribution is 0.0359. The zero-order valence-corrected chi connectivity index (χ0v) is 42.2. The van der Waals surface area contributed by atoms with E-state index in [0.717, 1.165) is 70.6 Å². The average molecular weight is 858 g/mol. The van der Waals surface area contributed by atoms with Crippen molar-refractivity contribution < 1.29 is 24.1 Å². The topological polar surface area (TPSA) is 71.3 Å². The predicted molar refractivity (Wildman–Crippen MR) is 263 cm³/mol. The number of unbranched alkanes of at least 4 members (excludes halogenated alkanes) is 10. The zero-order valence-electron chi connectivity index (χ0n) is 42.2. The fourth-order valence-electron chi connectivity index (χ4n) is 8.41. The minimum Gasteiger partial charge on any atom is -0.507 e. The fraction of sp³-hybridized carbons (Fsp3) is 0.661. The first-order chi connectivity index (χ1) is 28.8. The number of rotatable bonds is 22. The monoisotopic (exact) mass is 858 g/mol. The Kier molecular flexibility index (Phi) is 19.2. The van der Waals surface area contributed by atoms with Crippen LogP contribution >= 0.6 is 0 Å². The standard InChI is InChI=1S/C56H88FNO4/c1-17-19-21-23-25-27-31-61-49-44(52(5,6)7)34-41(35-45(49)53(8,9)10)56(60,51(39(3)4)58-38-40-33-43(57)29-30-48(40)59)42-36-46(54(11,12)13)50(47(37-42)55(14,15)16)62-32-28-26-24-22-20-18-2/h29-30,33-39,51,59-60H,17-28,31-32H2,1-16H3. The minimum atomic E-state index is -1.69. The van der Waals surface area contributed by atoms with Gasteiger partial charge in [-0.1, -0.05) is 175 Å². The highest BCUT2D eigenvalue weighted by atomic mass is 19.1. The molecule has 3 aromatic rings. The van der Waals surface area contributed by atoms with E-state index in [0.29, 0.717) is 13.2 Å². The Morgan fingerprint density at radius 1 is 0.565 bits per heavy atom. The van der Waals surface area contributed by atoms with Gasteiger partial charge in [0.25, 0.3) is 0 Å². The average Bonchev–Trinajstić information content (AvgIpc) is 3.16. The van der Waals surface area contributed by atoms with Crippen LogP contribution in [0.2, 0.25) is 0 Å². The molecule has 6 heteroatoms. The molecule has 0 heterocycles. The van der Waals surface area contributed by atoms with Gasteiger partial charge in [-0.15, -0.1) is 0 Å². The van der Waals surface area contributed by atoms with Crippen LogP contribution in [-0.2, 0) is 27.3 Å². The summed E-state index contributed by atoms with van der Waals surface area (Å²) in [5.74, 6) is 1.05. The number of phenols is 1. The van der Waals surface area contributed by atoms with E-state index in [2.05, 4.69) is 135 Å². The maximum Gasteiger partial charge on any atom is 0.137 e. The molecule has 1 atom stereocenters. The largest absolute Gasteiger partial charge is 0.507 e. The van der Waals surface area contributed by atoms with Crippen molar-refractivity contribution in [2.24, 2.45) is 10.9 Å². The highest BCUT2D eigenvalue weighted by Gasteiger charge is 2.46. The van der Waals surface area contributed by atoms with E-state index in [9.17, 15) is 14.6 Å². The number of benzene rings is 3. The van der Waals surface area contributed by atoms with E-state index in [1.807, 2.05) is 0 Å². The van der Waals surface area contributed by atoms with Gasteiger partial charge in [0.1, 0.15) is 28.7 Å². The van der Waals surface area contributed by atoms with Gasteiger partial charge < -0.3 is 19.7 Å².